The Morgan fingerprint density at radius 1 is 1.08 bits per heavy atom. The molecule has 0 amide bonds. The van der Waals surface area contributed by atoms with E-state index >= 15 is 0 Å². The van der Waals surface area contributed by atoms with Gasteiger partial charge in [0.15, 0.2) is 0 Å². The van der Waals surface area contributed by atoms with Gasteiger partial charge in [0.2, 0.25) is 0 Å². The predicted molar refractivity (Wildman–Crippen MR) is 102 cm³/mol. The lowest BCUT2D eigenvalue weighted by Gasteiger charge is -2.36. The summed E-state index contributed by atoms with van der Waals surface area (Å²) in [5, 5.41) is 0.824. The molecule has 0 spiro atoms. The van der Waals surface area contributed by atoms with E-state index in [-0.39, 0.29) is 17.8 Å². The molecule has 130 valence electrons. The molecule has 0 bridgehead atoms. The summed E-state index contributed by atoms with van der Waals surface area (Å²) in [4.78, 5) is 17.8. The molecule has 1 fully saturated rings. The number of aromatic amines is 1. The smallest absolute Gasteiger partial charge is 0.306 e. The molecule has 25 heavy (non-hydrogen) atoms. The van der Waals surface area contributed by atoms with Crippen LogP contribution in [0.25, 0.3) is 11.0 Å². The zero-order valence-corrected chi connectivity index (χ0v) is 15.0. The Morgan fingerprint density at radius 3 is 2.52 bits per heavy atom. The first kappa shape index (κ1) is 16.4. The summed E-state index contributed by atoms with van der Waals surface area (Å²) < 4.78 is 1.94. The summed E-state index contributed by atoms with van der Waals surface area (Å²) >= 11 is 6.36. The Bertz CT molecular complexity index is 937. The molecule has 1 saturated heterocycles. The van der Waals surface area contributed by atoms with E-state index < -0.39 is 0 Å². The van der Waals surface area contributed by atoms with Crippen molar-refractivity contribution in [2.75, 3.05) is 13.1 Å². The van der Waals surface area contributed by atoms with Crippen LogP contribution in [0.5, 0.6) is 0 Å². The third-order valence-corrected chi connectivity index (χ3v) is 5.74. The molecule has 1 aliphatic rings. The average molecular weight is 356 g/mol. The highest BCUT2D eigenvalue weighted by molar-refractivity contribution is 6.31. The molecule has 0 saturated carbocycles. The molecule has 1 N–H and O–H groups in total. The Kier molecular flexibility index (Phi) is 4.40. The van der Waals surface area contributed by atoms with Crippen LogP contribution >= 0.6 is 11.6 Å². The predicted octanol–water partition coefficient (Wildman–Crippen LogP) is 4.38. The molecule has 1 aliphatic heterocycles. The van der Waals surface area contributed by atoms with Gasteiger partial charge in [-0.2, -0.15) is 0 Å². The van der Waals surface area contributed by atoms with Gasteiger partial charge < -0.3 is 4.98 Å². The van der Waals surface area contributed by atoms with Crippen LogP contribution < -0.4 is 5.69 Å². The van der Waals surface area contributed by atoms with E-state index in [1.165, 1.54) is 5.56 Å². The highest BCUT2D eigenvalue weighted by Gasteiger charge is 2.27. The van der Waals surface area contributed by atoms with E-state index in [2.05, 4.69) is 22.9 Å². The van der Waals surface area contributed by atoms with E-state index in [4.69, 9.17) is 11.6 Å². The molecular weight excluding hydrogens is 334 g/mol. The van der Waals surface area contributed by atoms with Crippen LogP contribution in [0, 0.1) is 0 Å². The van der Waals surface area contributed by atoms with Gasteiger partial charge in [0, 0.05) is 30.2 Å². The minimum Gasteiger partial charge on any atom is -0.306 e. The monoisotopic (exact) mass is 355 g/mol. The fourth-order valence-electron chi connectivity index (χ4n) is 3.98. The van der Waals surface area contributed by atoms with Crippen molar-refractivity contribution >= 4 is 22.6 Å². The van der Waals surface area contributed by atoms with Crippen molar-refractivity contribution in [2.24, 2.45) is 0 Å². The highest BCUT2D eigenvalue weighted by Crippen LogP contribution is 2.32. The van der Waals surface area contributed by atoms with Crippen LogP contribution in [0.2, 0.25) is 5.02 Å². The Morgan fingerprint density at radius 2 is 1.76 bits per heavy atom. The normalized spacial score (nSPS) is 17.8. The number of aromatic nitrogens is 2. The van der Waals surface area contributed by atoms with Gasteiger partial charge in [-0.25, -0.2) is 4.79 Å². The van der Waals surface area contributed by atoms with E-state index in [9.17, 15) is 4.79 Å². The third-order valence-electron chi connectivity index (χ3n) is 5.39. The molecule has 5 heteroatoms. The summed E-state index contributed by atoms with van der Waals surface area (Å²) in [5.74, 6) is 0. The standard InChI is InChI=1S/C20H22ClN3O/c1-14(16-6-2-3-7-17(16)21)23-12-10-15(11-13-23)24-19-9-5-4-8-18(19)22-20(24)25/h2-9,14-15H,10-13H2,1H3,(H,22,25)/t14-/m0/s1. The van der Waals surface area contributed by atoms with Crippen LogP contribution in [0.3, 0.4) is 0 Å². The first-order chi connectivity index (χ1) is 12.1. The van der Waals surface area contributed by atoms with Gasteiger partial charge in [-0.15, -0.1) is 0 Å². The number of rotatable bonds is 3. The quantitative estimate of drug-likeness (QED) is 0.757. The third kappa shape index (κ3) is 3.00. The fourth-order valence-corrected chi connectivity index (χ4v) is 4.27. The summed E-state index contributed by atoms with van der Waals surface area (Å²) in [6.45, 7) is 4.13. The molecule has 2 heterocycles. The molecule has 4 nitrogen and oxygen atoms in total. The second-order valence-electron chi connectivity index (χ2n) is 6.78. The summed E-state index contributed by atoms with van der Waals surface area (Å²) in [7, 11) is 0. The van der Waals surface area contributed by atoms with Crippen molar-refractivity contribution in [1.82, 2.24) is 14.5 Å². The SMILES string of the molecule is C[C@@H](c1ccccc1Cl)N1CCC(n2c(=O)[nH]c3ccccc32)CC1. The van der Waals surface area contributed by atoms with Gasteiger partial charge in [0.05, 0.1) is 11.0 Å². The van der Waals surface area contributed by atoms with Crippen molar-refractivity contribution in [3.8, 4) is 0 Å². The molecule has 1 atom stereocenters. The highest BCUT2D eigenvalue weighted by atomic mass is 35.5. The van der Waals surface area contributed by atoms with Crippen LogP contribution in [0.1, 0.15) is 37.4 Å². The zero-order valence-electron chi connectivity index (χ0n) is 14.3. The fraction of sp³-hybridized carbons (Fsp3) is 0.350. The summed E-state index contributed by atoms with van der Waals surface area (Å²) in [6, 6.07) is 16.5. The second kappa shape index (κ2) is 6.70. The van der Waals surface area contributed by atoms with E-state index in [0.29, 0.717) is 0 Å². The molecule has 0 aliphatic carbocycles. The van der Waals surface area contributed by atoms with E-state index in [1.54, 1.807) is 0 Å². The second-order valence-corrected chi connectivity index (χ2v) is 7.19. The molecule has 3 aromatic rings. The minimum absolute atomic E-state index is 0.00111. The first-order valence-electron chi connectivity index (χ1n) is 8.83. The molecule has 2 aromatic carbocycles. The van der Waals surface area contributed by atoms with E-state index in [1.807, 2.05) is 47.0 Å². The Labute approximate surface area is 152 Å². The lowest BCUT2D eigenvalue weighted by atomic mass is 10.00. The maximum absolute atomic E-state index is 12.4. The van der Waals surface area contributed by atoms with Gasteiger partial charge in [0.1, 0.15) is 0 Å². The van der Waals surface area contributed by atoms with Crippen LogP contribution in [0.4, 0.5) is 0 Å². The number of halogens is 1. The van der Waals surface area contributed by atoms with Crippen LogP contribution in [-0.2, 0) is 0 Å². The topological polar surface area (TPSA) is 41.0 Å². The molecule has 0 radical (unpaired) electrons. The maximum Gasteiger partial charge on any atom is 0.326 e. The number of likely N-dealkylation sites (tertiary alicyclic amines) is 1. The molecular formula is C20H22ClN3O. The van der Waals surface area contributed by atoms with Crippen molar-refractivity contribution in [3.63, 3.8) is 0 Å². The largest absolute Gasteiger partial charge is 0.326 e. The molecule has 1 aromatic heterocycles. The van der Waals surface area contributed by atoms with Crippen LogP contribution in [-0.4, -0.2) is 27.5 Å². The van der Waals surface area contributed by atoms with Crippen molar-refractivity contribution in [1.29, 1.82) is 0 Å². The number of hydrogen-bond donors (Lipinski definition) is 1. The number of nitrogens with zero attached hydrogens (tertiary/aromatic N) is 2. The van der Waals surface area contributed by atoms with Crippen molar-refractivity contribution < 1.29 is 0 Å². The molecule has 0 unspecified atom stereocenters. The number of H-pyrrole nitrogens is 1. The summed E-state index contributed by atoms with van der Waals surface area (Å²) in [5.41, 5.74) is 3.09. The van der Waals surface area contributed by atoms with Gasteiger partial charge >= 0.3 is 5.69 Å². The van der Waals surface area contributed by atoms with Gasteiger partial charge in [-0.05, 0) is 43.5 Å². The average Bonchev–Trinajstić information content (AvgIpc) is 2.97. The number of hydrogen-bond acceptors (Lipinski definition) is 2. The van der Waals surface area contributed by atoms with Crippen molar-refractivity contribution in [2.45, 2.75) is 31.8 Å². The van der Waals surface area contributed by atoms with E-state index in [0.717, 1.165) is 42.0 Å². The number of nitrogens with one attached hydrogen (secondary N) is 1. The van der Waals surface area contributed by atoms with Gasteiger partial charge in [0.25, 0.3) is 0 Å². The van der Waals surface area contributed by atoms with Crippen molar-refractivity contribution in [3.05, 3.63) is 69.6 Å². The van der Waals surface area contributed by atoms with Gasteiger partial charge in [-0.3, -0.25) is 9.47 Å². The zero-order chi connectivity index (χ0) is 17.4. The number of fused-ring (bicyclic) bond motifs is 1. The minimum atomic E-state index is -0.00111. The molecule has 4 rings (SSSR count). The Hall–Kier alpha value is -2.04. The number of piperidine rings is 1. The Balaban J connectivity index is 1.52. The lowest BCUT2D eigenvalue weighted by Crippen LogP contribution is -2.38. The maximum atomic E-state index is 12.4. The summed E-state index contributed by atoms with van der Waals surface area (Å²) in [6.07, 6.45) is 1.94. The van der Waals surface area contributed by atoms with Crippen LogP contribution in [0.15, 0.2) is 53.3 Å². The number of imidazole rings is 1. The number of para-hydroxylation sites is 2. The van der Waals surface area contributed by atoms with Gasteiger partial charge in [-0.1, -0.05) is 41.9 Å². The first-order valence-corrected chi connectivity index (χ1v) is 9.20. The lowest BCUT2D eigenvalue weighted by molar-refractivity contribution is 0.144. The number of benzene rings is 2.